The topological polar surface area (TPSA) is 16.1 Å². The van der Waals surface area contributed by atoms with Gasteiger partial charge in [-0.3, -0.25) is 0 Å². The predicted octanol–water partition coefficient (Wildman–Crippen LogP) is 3.91. The van der Waals surface area contributed by atoms with Crippen LogP contribution >= 0.6 is 27.3 Å². The zero-order valence-electron chi connectivity index (χ0n) is 9.11. The van der Waals surface area contributed by atoms with Crippen LogP contribution in [0.25, 0.3) is 10.2 Å². The molecule has 16 heavy (non-hydrogen) atoms. The molecule has 2 nitrogen and oxygen atoms in total. The molecule has 4 heteroatoms. The highest BCUT2D eigenvalue weighted by Crippen LogP contribution is 2.35. The fraction of sp³-hybridized carbons (Fsp3) is 0.417. The summed E-state index contributed by atoms with van der Waals surface area (Å²) in [7, 11) is 2.14. The molecular weight excluding hydrogens is 284 g/mol. The number of thiazole rings is 1. The molecule has 3 rings (SSSR count). The van der Waals surface area contributed by atoms with Gasteiger partial charge >= 0.3 is 0 Å². The molecule has 1 aromatic carbocycles. The molecule has 2 aromatic rings. The lowest BCUT2D eigenvalue weighted by Crippen LogP contribution is -2.19. The quantitative estimate of drug-likeness (QED) is 0.854. The summed E-state index contributed by atoms with van der Waals surface area (Å²) in [6.45, 7) is 1.15. The molecule has 0 atom stereocenters. The van der Waals surface area contributed by atoms with E-state index in [2.05, 4.69) is 40.0 Å². The van der Waals surface area contributed by atoms with E-state index in [0.29, 0.717) is 0 Å². The van der Waals surface area contributed by atoms with E-state index in [1.807, 2.05) is 6.07 Å². The van der Waals surface area contributed by atoms with Crippen LogP contribution in [0, 0.1) is 5.92 Å². The van der Waals surface area contributed by atoms with Crippen LogP contribution in [0.5, 0.6) is 0 Å². The first-order valence-corrected chi connectivity index (χ1v) is 7.11. The molecule has 0 bridgehead atoms. The van der Waals surface area contributed by atoms with Crippen LogP contribution in [0.4, 0.5) is 5.13 Å². The largest absolute Gasteiger partial charge is 0.351 e. The number of benzene rings is 1. The number of nitrogens with zero attached hydrogens (tertiary/aromatic N) is 2. The van der Waals surface area contributed by atoms with Gasteiger partial charge in [-0.25, -0.2) is 4.98 Å². The number of fused-ring (bicyclic) bond motifs is 1. The first kappa shape index (κ1) is 10.5. The van der Waals surface area contributed by atoms with Crippen molar-refractivity contribution >= 4 is 42.6 Å². The Morgan fingerprint density at radius 2 is 2.31 bits per heavy atom. The maximum atomic E-state index is 4.69. The summed E-state index contributed by atoms with van der Waals surface area (Å²) in [6.07, 6.45) is 2.78. The van der Waals surface area contributed by atoms with Gasteiger partial charge in [-0.05, 0) is 46.8 Å². The lowest BCUT2D eigenvalue weighted by Gasteiger charge is -2.14. The molecule has 1 saturated carbocycles. The van der Waals surface area contributed by atoms with Crippen LogP contribution in [0.1, 0.15) is 12.8 Å². The smallest absolute Gasteiger partial charge is 0.186 e. The van der Waals surface area contributed by atoms with E-state index in [4.69, 9.17) is 4.98 Å². The molecule has 1 fully saturated rings. The van der Waals surface area contributed by atoms with Crippen molar-refractivity contribution in [3.8, 4) is 0 Å². The normalized spacial score (nSPS) is 15.6. The Morgan fingerprint density at radius 1 is 1.50 bits per heavy atom. The summed E-state index contributed by atoms with van der Waals surface area (Å²) >= 11 is 5.32. The van der Waals surface area contributed by atoms with Crippen LogP contribution in [0.2, 0.25) is 0 Å². The van der Waals surface area contributed by atoms with Crippen LogP contribution in [-0.4, -0.2) is 18.6 Å². The lowest BCUT2D eigenvalue weighted by molar-refractivity contribution is 0.785. The summed E-state index contributed by atoms with van der Waals surface area (Å²) in [4.78, 5) is 6.98. The van der Waals surface area contributed by atoms with Crippen LogP contribution in [-0.2, 0) is 0 Å². The van der Waals surface area contributed by atoms with Crippen molar-refractivity contribution in [2.75, 3.05) is 18.5 Å². The number of hydrogen-bond donors (Lipinski definition) is 0. The minimum atomic E-state index is 0.903. The average Bonchev–Trinajstić information content (AvgIpc) is 2.95. The molecule has 0 aliphatic heterocycles. The van der Waals surface area contributed by atoms with Gasteiger partial charge in [-0.2, -0.15) is 0 Å². The van der Waals surface area contributed by atoms with Gasteiger partial charge in [-0.1, -0.05) is 17.4 Å². The van der Waals surface area contributed by atoms with Gasteiger partial charge in [0.15, 0.2) is 5.13 Å². The van der Waals surface area contributed by atoms with Crippen LogP contribution in [0.3, 0.4) is 0 Å². The van der Waals surface area contributed by atoms with Crippen LogP contribution in [0.15, 0.2) is 22.7 Å². The van der Waals surface area contributed by atoms with Crippen molar-refractivity contribution < 1.29 is 0 Å². The van der Waals surface area contributed by atoms with Gasteiger partial charge in [-0.15, -0.1) is 0 Å². The standard InChI is InChI=1S/C12H13BrN2S/c1-15(7-8-5-6-8)12-14-11-9(13)3-2-4-10(11)16-12/h2-4,8H,5-7H2,1H3. The Bertz CT molecular complexity index is 519. The minimum Gasteiger partial charge on any atom is -0.351 e. The molecule has 84 valence electrons. The maximum absolute atomic E-state index is 4.69. The lowest BCUT2D eigenvalue weighted by atomic mass is 10.3. The Kier molecular flexibility index (Phi) is 2.64. The van der Waals surface area contributed by atoms with Crippen molar-refractivity contribution in [2.24, 2.45) is 5.92 Å². The average molecular weight is 297 g/mol. The first-order valence-electron chi connectivity index (χ1n) is 5.50. The molecule has 0 radical (unpaired) electrons. The molecule has 0 saturated heterocycles. The molecule has 0 N–H and O–H groups in total. The zero-order valence-corrected chi connectivity index (χ0v) is 11.5. The number of hydrogen-bond acceptors (Lipinski definition) is 3. The fourth-order valence-electron chi connectivity index (χ4n) is 1.83. The molecule has 0 amide bonds. The van der Waals surface area contributed by atoms with E-state index in [9.17, 15) is 0 Å². The summed E-state index contributed by atoms with van der Waals surface area (Å²) in [6, 6.07) is 6.24. The SMILES string of the molecule is CN(CC1CC1)c1nc2c(Br)cccc2s1. The third-order valence-electron chi connectivity index (χ3n) is 2.91. The van der Waals surface area contributed by atoms with Crippen molar-refractivity contribution in [1.82, 2.24) is 4.98 Å². The van der Waals surface area contributed by atoms with Gasteiger partial charge in [0.05, 0.1) is 10.2 Å². The molecule has 1 heterocycles. The van der Waals surface area contributed by atoms with E-state index in [-0.39, 0.29) is 0 Å². The monoisotopic (exact) mass is 296 g/mol. The molecule has 0 spiro atoms. The summed E-state index contributed by atoms with van der Waals surface area (Å²) in [5.74, 6) is 0.903. The second-order valence-electron chi connectivity index (χ2n) is 4.41. The van der Waals surface area contributed by atoms with Crippen molar-refractivity contribution in [3.63, 3.8) is 0 Å². The number of rotatable bonds is 3. The van der Waals surface area contributed by atoms with Gasteiger partial charge in [0.1, 0.15) is 0 Å². The third-order valence-corrected chi connectivity index (χ3v) is 4.69. The number of anilines is 1. The van der Waals surface area contributed by atoms with Crippen molar-refractivity contribution in [1.29, 1.82) is 0 Å². The zero-order chi connectivity index (χ0) is 11.1. The molecule has 1 aromatic heterocycles. The Balaban J connectivity index is 1.94. The Labute approximate surface area is 107 Å². The Morgan fingerprint density at radius 3 is 3.00 bits per heavy atom. The van der Waals surface area contributed by atoms with Crippen molar-refractivity contribution in [3.05, 3.63) is 22.7 Å². The van der Waals surface area contributed by atoms with Gasteiger partial charge in [0.2, 0.25) is 0 Å². The van der Waals surface area contributed by atoms with Crippen molar-refractivity contribution in [2.45, 2.75) is 12.8 Å². The molecule has 1 aliphatic rings. The summed E-state index contributed by atoms with van der Waals surface area (Å²) < 4.78 is 2.35. The number of para-hydroxylation sites is 1. The second-order valence-corrected chi connectivity index (χ2v) is 6.27. The van der Waals surface area contributed by atoms with Crippen LogP contribution < -0.4 is 4.90 Å². The second kappa shape index (κ2) is 4.00. The maximum Gasteiger partial charge on any atom is 0.186 e. The highest BCUT2D eigenvalue weighted by Gasteiger charge is 2.24. The van der Waals surface area contributed by atoms with E-state index >= 15 is 0 Å². The van der Waals surface area contributed by atoms with E-state index < -0.39 is 0 Å². The summed E-state index contributed by atoms with van der Waals surface area (Å²) in [5, 5.41) is 1.13. The highest BCUT2D eigenvalue weighted by molar-refractivity contribution is 9.10. The predicted molar refractivity (Wildman–Crippen MR) is 73.3 cm³/mol. The first-order chi connectivity index (χ1) is 7.74. The van der Waals surface area contributed by atoms with Gasteiger partial charge in [0, 0.05) is 18.1 Å². The molecule has 1 aliphatic carbocycles. The Hall–Kier alpha value is -0.610. The van der Waals surface area contributed by atoms with Gasteiger partial charge < -0.3 is 4.90 Å². The van der Waals surface area contributed by atoms with E-state index in [1.165, 1.54) is 17.5 Å². The number of aromatic nitrogens is 1. The molecular formula is C12H13BrN2S. The third kappa shape index (κ3) is 1.96. The van der Waals surface area contributed by atoms with E-state index in [1.54, 1.807) is 11.3 Å². The number of halogens is 1. The van der Waals surface area contributed by atoms with E-state index in [0.717, 1.165) is 27.6 Å². The fourth-order valence-corrected chi connectivity index (χ4v) is 3.38. The summed E-state index contributed by atoms with van der Waals surface area (Å²) in [5.41, 5.74) is 1.09. The minimum absolute atomic E-state index is 0.903. The van der Waals surface area contributed by atoms with Gasteiger partial charge in [0.25, 0.3) is 0 Å². The highest BCUT2D eigenvalue weighted by atomic mass is 79.9. The molecule has 0 unspecified atom stereocenters.